The first-order valence-corrected chi connectivity index (χ1v) is 14.0. The first kappa shape index (κ1) is 25.5. The molecular formula is C32H35N5O2. The van der Waals surface area contributed by atoms with Crippen LogP contribution in [0.15, 0.2) is 95.5 Å². The van der Waals surface area contributed by atoms with E-state index in [0.29, 0.717) is 18.3 Å². The summed E-state index contributed by atoms with van der Waals surface area (Å²) in [5, 5.41) is 4.15. The van der Waals surface area contributed by atoms with Crippen molar-refractivity contribution in [2.45, 2.75) is 25.4 Å². The highest BCUT2D eigenvalue weighted by Crippen LogP contribution is 2.30. The summed E-state index contributed by atoms with van der Waals surface area (Å²) in [7, 11) is 0. The molecule has 1 atom stereocenters. The van der Waals surface area contributed by atoms with E-state index in [0.717, 1.165) is 57.7 Å². The van der Waals surface area contributed by atoms with Crippen LogP contribution >= 0.6 is 0 Å². The van der Waals surface area contributed by atoms with E-state index in [2.05, 4.69) is 85.5 Å². The van der Waals surface area contributed by atoms with Gasteiger partial charge in [0.25, 0.3) is 0 Å². The number of hydrogen-bond acceptors (Lipinski definition) is 6. The average Bonchev–Trinajstić information content (AvgIpc) is 3.47. The van der Waals surface area contributed by atoms with E-state index >= 15 is 0 Å². The molecule has 0 radical (unpaired) electrons. The van der Waals surface area contributed by atoms with Crippen molar-refractivity contribution >= 4 is 5.91 Å². The fourth-order valence-corrected chi connectivity index (χ4v) is 5.96. The van der Waals surface area contributed by atoms with Gasteiger partial charge in [-0.25, -0.2) is 0 Å². The second kappa shape index (κ2) is 11.9. The fraction of sp³-hybridized carbons (Fsp3) is 0.344. The monoisotopic (exact) mass is 521 g/mol. The normalized spacial score (nSPS) is 18.9. The van der Waals surface area contributed by atoms with Crippen molar-refractivity contribution < 1.29 is 9.32 Å². The molecule has 7 nitrogen and oxygen atoms in total. The highest BCUT2D eigenvalue weighted by atomic mass is 16.5. The number of rotatable bonds is 7. The summed E-state index contributed by atoms with van der Waals surface area (Å²) < 4.78 is 5.54. The van der Waals surface area contributed by atoms with Gasteiger partial charge in [0.2, 0.25) is 17.6 Å². The number of piperazine rings is 1. The van der Waals surface area contributed by atoms with Gasteiger partial charge in [0.1, 0.15) is 0 Å². The topological polar surface area (TPSA) is 65.7 Å². The molecule has 0 saturated carbocycles. The minimum absolute atomic E-state index is 0.0147. The highest BCUT2D eigenvalue weighted by Gasteiger charge is 2.33. The first-order chi connectivity index (χ1) is 19.2. The van der Waals surface area contributed by atoms with Crippen molar-refractivity contribution in [1.29, 1.82) is 0 Å². The maximum Gasteiger partial charge on any atom is 0.241 e. The lowest BCUT2D eigenvalue weighted by molar-refractivity contribution is -0.139. The molecule has 2 saturated heterocycles. The first-order valence-electron chi connectivity index (χ1n) is 14.0. The predicted octanol–water partition coefficient (Wildman–Crippen LogP) is 4.88. The van der Waals surface area contributed by atoms with Crippen molar-refractivity contribution in [3.63, 3.8) is 0 Å². The van der Waals surface area contributed by atoms with E-state index in [-0.39, 0.29) is 17.9 Å². The van der Waals surface area contributed by atoms with Gasteiger partial charge in [0, 0.05) is 38.3 Å². The SMILES string of the molecule is O=C(C1CCCN(Cc2nc(-c3ccccc3)no2)C1)N1CCN(C(c2ccccc2)c2ccccc2)CC1. The van der Waals surface area contributed by atoms with Crippen LogP contribution in [-0.2, 0) is 11.3 Å². The van der Waals surface area contributed by atoms with Crippen LogP contribution in [0.5, 0.6) is 0 Å². The second-order valence-corrected chi connectivity index (χ2v) is 10.5. The zero-order valence-electron chi connectivity index (χ0n) is 22.2. The third-order valence-corrected chi connectivity index (χ3v) is 7.94. The Hall–Kier alpha value is -3.81. The molecule has 2 fully saturated rings. The molecular weight excluding hydrogens is 486 g/mol. The third kappa shape index (κ3) is 5.95. The number of hydrogen-bond donors (Lipinski definition) is 0. The second-order valence-electron chi connectivity index (χ2n) is 10.5. The van der Waals surface area contributed by atoms with Crippen molar-refractivity contribution in [3.8, 4) is 11.4 Å². The summed E-state index contributed by atoms with van der Waals surface area (Å²) in [5.41, 5.74) is 3.53. The molecule has 39 heavy (non-hydrogen) atoms. The standard InChI is InChI=1S/C32H35N5O2/c38-32(28-17-10-18-35(23-28)24-29-33-31(34-39-29)27-15-8-3-9-16-27)37-21-19-36(20-22-37)30(25-11-4-1-5-12-25)26-13-6-2-7-14-26/h1-9,11-16,28,30H,10,17-24H2. The Morgan fingerprint density at radius 2 is 1.44 bits per heavy atom. The molecule has 1 unspecified atom stereocenters. The number of likely N-dealkylation sites (tertiary alicyclic amines) is 1. The molecule has 200 valence electrons. The highest BCUT2D eigenvalue weighted by molar-refractivity contribution is 5.79. The number of nitrogens with zero attached hydrogens (tertiary/aromatic N) is 5. The van der Waals surface area contributed by atoms with E-state index in [9.17, 15) is 4.79 Å². The molecule has 0 bridgehead atoms. The molecule has 6 rings (SSSR count). The van der Waals surface area contributed by atoms with Crippen LogP contribution in [0.3, 0.4) is 0 Å². The van der Waals surface area contributed by atoms with Gasteiger partial charge >= 0.3 is 0 Å². The Balaban J connectivity index is 1.06. The Kier molecular flexibility index (Phi) is 7.79. The van der Waals surface area contributed by atoms with Gasteiger partial charge < -0.3 is 9.42 Å². The Bertz CT molecular complexity index is 1300. The van der Waals surface area contributed by atoms with Gasteiger partial charge in [-0.2, -0.15) is 4.98 Å². The summed E-state index contributed by atoms with van der Waals surface area (Å²) in [4.78, 5) is 25.1. The predicted molar refractivity (Wildman–Crippen MR) is 151 cm³/mol. The largest absolute Gasteiger partial charge is 0.340 e. The summed E-state index contributed by atoms with van der Waals surface area (Å²) in [6.45, 7) is 5.50. The van der Waals surface area contributed by atoms with Crippen LogP contribution in [0.1, 0.15) is 35.9 Å². The molecule has 4 aromatic rings. The van der Waals surface area contributed by atoms with Crippen LogP contribution in [-0.4, -0.2) is 70.0 Å². The molecule has 7 heteroatoms. The van der Waals surface area contributed by atoms with E-state index in [1.54, 1.807) is 0 Å². The van der Waals surface area contributed by atoms with E-state index in [4.69, 9.17) is 4.52 Å². The van der Waals surface area contributed by atoms with Crippen LogP contribution in [0.2, 0.25) is 0 Å². The van der Waals surface area contributed by atoms with Crippen molar-refractivity contribution in [2.75, 3.05) is 39.3 Å². The number of piperidine rings is 1. The van der Waals surface area contributed by atoms with Crippen molar-refractivity contribution in [3.05, 3.63) is 108 Å². The maximum atomic E-state index is 13.6. The Morgan fingerprint density at radius 3 is 2.08 bits per heavy atom. The summed E-state index contributed by atoms with van der Waals surface area (Å²) in [6.07, 6.45) is 1.94. The number of carbonyl (C=O) groups is 1. The van der Waals surface area contributed by atoms with Gasteiger partial charge in [-0.05, 0) is 30.5 Å². The molecule has 0 spiro atoms. The van der Waals surface area contributed by atoms with Crippen molar-refractivity contribution in [1.82, 2.24) is 24.8 Å². The van der Waals surface area contributed by atoms with Crippen LogP contribution in [0.25, 0.3) is 11.4 Å². The number of carbonyl (C=O) groups excluding carboxylic acids is 1. The molecule has 3 aromatic carbocycles. The van der Waals surface area contributed by atoms with Gasteiger partial charge in [-0.3, -0.25) is 14.6 Å². The van der Waals surface area contributed by atoms with Crippen LogP contribution in [0, 0.1) is 5.92 Å². The zero-order chi connectivity index (χ0) is 26.4. The number of aromatic nitrogens is 2. The minimum atomic E-state index is 0.0147. The summed E-state index contributed by atoms with van der Waals surface area (Å²) in [6, 6.07) is 31.5. The maximum absolute atomic E-state index is 13.6. The zero-order valence-corrected chi connectivity index (χ0v) is 22.2. The minimum Gasteiger partial charge on any atom is -0.340 e. The van der Waals surface area contributed by atoms with E-state index in [1.807, 2.05) is 30.3 Å². The molecule has 0 aliphatic carbocycles. The van der Waals surface area contributed by atoms with Gasteiger partial charge in [0.15, 0.2) is 0 Å². The molecule has 1 amide bonds. The number of amides is 1. The van der Waals surface area contributed by atoms with Gasteiger partial charge in [0.05, 0.1) is 18.5 Å². The van der Waals surface area contributed by atoms with Gasteiger partial charge in [-0.15, -0.1) is 0 Å². The number of benzene rings is 3. The quantitative estimate of drug-likeness (QED) is 0.345. The van der Waals surface area contributed by atoms with E-state index < -0.39 is 0 Å². The summed E-state index contributed by atoms with van der Waals surface area (Å²) in [5.74, 6) is 1.51. The fourth-order valence-electron chi connectivity index (χ4n) is 5.96. The lowest BCUT2D eigenvalue weighted by Gasteiger charge is -2.41. The smallest absolute Gasteiger partial charge is 0.241 e. The lowest BCUT2D eigenvalue weighted by atomic mass is 9.95. The Morgan fingerprint density at radius 1 is 0.821 bits per heavy atom. The lowest BCUT2D eigenvalue weighted by Crippen LogP contribution is -2.53. The molecule has 2 aliphatic heterocycles. The average molecular weight is 522 g/mol. The molecule has 2 aliphatic rings. The Labute approximate surface area is 230 Å². The third-order valence-electron chi connectivity index (χ3n) is 7.94. The van der Waals surface area contributed by atoms with Crippen molar-refractivity contribution in [2.24, 2.45) is 5.92 Å². The van der Waals surface area contributed by atoms with Crippen LogP contribution in [0.4, 0.5) is 0 Å². The molecule has 0 N–H and O–H groups in total. The molecule has 1 aromatic heterocycles. The van der Waals surface area contributed by atoms with E-state index in [1.165, 1.54) is 11.1 Å². The van der Waals surface area contributed by atoms with Crippen LogP contribution < -0.4 is 0 Å². The summed E-state index contributed by atoms with van der Waals surface area (Å²) >= 11 is 0. The van der Waals surface area contributed by atoms with Gasteiger partial charge in [-0.1, -0.05) is 96.2 Å². The molecule has 3 heterocycles.